The van der Waals surface area contributed by atoms with E-state index in [1.54, 1.807) is 39.2 Å². The van der Waals surface area contributed by atoms with Gasteiger partial charge in [-0.2, -0.15) is 0 Å². The Morgan fingerprint density at radius 3 is 2.69 bits per heavy atom. The van der Waals surface area contributed by atoms with Gasteiger partial charge in [0, 0.05) is 23.7 Å². The Balaban J connectivity index is 2.22. The molecular weight excluding hydrogens is 358 g/mol. The van der Waals surface area contributed by atoms with Crippen molar-refractivity contribution in [3.8, 4) is 0 Å². The number of amides is 2. The maximum Gasteiger partial charge on any atom is 0.412 e. The molecule has 26 heavy (non-hydrogen) atoms. The molecule has 0 saturated carbocycles. The fraction of sp³-hybridized carbons (Fsp3) is 0.529. The average molecular weight is 381 g/mol. The first kappa shape index (κ1) is 20.0. The summed E-state index contributed by atoms with van der Waals surface area (Å²) in [6, 6.07) is 2.86. The van der Waals surface area contributed by atoms with Crippen LogP contribution in [0.2, 0.25) is 0 Å². The van der Waals surface area contributed by atoms with Crippen molar-refractivity contribution in [3.63, 3.8) is 0 Å². The largest absolute Gasteiger partial charge is 0.468 e. The topological polar surface area (TPSA) is 97.8 Å². The summed E-state index contributed by atoms with van der Waals surface area (Å²) in [4.78, 5) is 42.0. The second-order valence-corrected chi connectivity index (χ2v) is 7.78. The number of ether oxygens (including phenoxy) is 2. The second-order valence-electron chi connectivity index (χ2n) is 6.67. The quantitative estimate of drug-likeness (QED) is 0.793. The van der Waals surface area contributed by atoms with Gasteiger partial charge in [-0.05, 0) is 26.8 Å². The van der Waals surface area contributed by atoms with Gasteiger partial charge in [0.15, 0.2) is 0 Å². The minimum atomic E-state index is -0.760. The van der Waals surface area contributed by atoms with E-state index in [9.17, 15) is 14.4 Å². The predicted molar refractivity (Wildman–Crippen MR) is 96.3 cm³/mol. The van der Waals surface area contributed by atoms with Crippen LogP contribution in [0.5, 0.6) is 0 Å². The molecule has 2 rings (SSSR count). The number of nitrogens with one attached hydrogen (secondary N) is 1. The number of carbonyl (C=O) groups is 3. The lowest BCUT2D eigenvalue weighted by atomic mass is 10.2. The Bertz CT molecular complexity index is 662. The number of nitrogens with zero attached hydrogens (tertiary/aromatic N) is 2. The predicted octanol–water partition coefficient (Wildman–Crippen LogP) is 1.72. The molecule has 1 aliphatic heterocycles. The number of hydrogen-bond acceptors (Lipinski definition) is 7. The number of aromatic nitrogens is 1. The fourth-order valence-electron chi connectivity index (χ4n) is 2.37. The normalized spacial score (nSPS) is 19.8. The van der Waals surface area contributed by atoms with Gasteiger partial charge in [0.05, 0.1) is 7.11 Å². The van der Waals surface area contributed by atoms with E-state index >= 15 is 0 Å². The van der Waals surface area contributed by atoms with Gasteiger partial charge >= 0.3 is 12.1 Å². The lowest BCUT2D eigenvalue weighted by Gasteiger charge is -2.31. The Kier molecular flexibility index (Phi) is 6.47. The molecule has 9 heteroatoms. The van der Waals surface area contributed by atoms with Gasteiger partial charge in [0.1, 0.15) is 23.6 Å². The molecular formula is C17H23N3O5S. The first-order chi connectivity index (χ1) is 12.2. The molecule has 1 aliphatic rings. The lowest BCUT2D eigenvalue weighted by molar-refractivity contribution is -0.141. The number of methoxy groups -OCH3 is 1. The van der Waals surface area contributed by atoms with E-state index in [1.165, 1.54) is 23.8 Å². The molecule has 2 atom stereocenters. The zero-order chi connectivity index (χ0) is 19.3. The van der Waals surface area contributed by atoms with E-state index in [2.05, 4.69) is 15.0 Å². The summed E-state index contributed by atoms with van der Waals surface area (Å²) in [5.41, 5.74) is 0.100. The van der Waals surface area contributed by atoms with Crippen LogP contribution in [0, 0.1) is 0 Å². The Morgan fingerprint density at radius 2 is 2.12 bits per heavy atom. The first-order valence-corrected chi connectivity index (χ1v) is 9.15. The molecule has 1 saturated heterocycles. The van der Waals surface area contributed by atoms with Gasteiger partial charge in [-0.25, -0.2) is 4.79 Å². The summed E-state index contributed by atoms with van der Waals surface area (Å²) in [5.74, 6) is -0.608. The van der Waals surface area contributed by atoms with Crippen LogP contribution in [0.1, 0.15) is 31.7 Å². The zero-order valence-corrected chi connectivity index (χ0v) is 16.0. The standard InChI is InChI=1S/C17H23N3O5S/c1-17(2,3)25-16(23)20-12(14(22)19-9-13(21)24-4)10-26-15(20)11-6-5-7-18-8-11/h5-8,12,15H,9-10H2,1-4H3,(H,19,22)/t12-,15?/m0/s1. The van der Waals surface area contributed by atoms with Crippen molar-refractivity contribution >= 4 is 29.7 Å². The highest BCUT2D eigenvalue weighted by Gasteiger charge is 2.44. The van der Waals surface area contributed by atoms with Crippen LogP contribution in [-0.4, -0.2) is 58.9 Å². The van der Waals surface area contributed by atoms with Gasteiger partial charge in [-0.3, -0.25) is 19.5 Å². The van der Waals surface area contributed by atoms with E-state index in [0.29, 0.717) is 5.75 Å². The van der Waals surface area contributed by atoms with Crippen molar-refractivity contribution in [3.05, 3.63) is 30.1 Å². The van der Waals surface area contributed by atoms with Crippen molar-refractivity contribution in [2.24, 2.45) is 0 Å². The maximum atomic E-state index is 12.8. The van der Waals surface area contributed by atoms with Crippen LogP contribution >= 0.6 is 11.8 Å². The molecule has 142 valence electrons. The Hall–Kier alpha value is -2.29. The van der Waals surface area contributed by atoms with E-state index in [1.807, 2.05) is 6.07 Å². The van der Waals surface area contributed by atoms with E-state index in [-0.39, 0.29) is 6.54 Å². The number of carbonyl (C=O) groups excluding carboxylic acids is 3. The highest BCUT2D eigenvalue weighted by molar-refractivity contribution is 7.99. The Morgan fingerprint density at radius 1 is 1.38 bits per heavy atom. The molecule has 2 amide bonds. The van der Waals surface area contributed by atoms with Crippen LogP contribution in [0.4, 0.5) is 4.79 Å². The third-order valence-corrected chi connectivity index (χ3v) is 4.83. The van der Waals surface area contributed by atoms with E-state index in [0.717, 1.165) is 5.56 Å². The monoisotopic (exact) mass is 381 g/mol. The van der Waals surface area contributed by atoms with Crippen LogP contribution in [0.3, 0.4) is 0 Å². The average Bonchev–Trinajstić information content (AvgIpc) is 3.04. The summed E-state index contributed by atoms with van der Waals surface area (Å²) in [7, 11) is 1.24. The minimum absolute atomic E-state index is 0.254. The number of esters is 1. The molecule has 0 bridgehead atoms. The van der Waals surface area contributed by atoms with Crippen molar-refractivity contribution in [2.75, 3.05) is 19.4 Å². The third kappa shape index (κ3) is 5.10. The molecule has 0 radical (unpaired) electrons. The second kappa shape index (κ2) is 8.39. The summed E-state index contributed by atoms with van der Waals surface area (Å²) in [6.07, 6.45) is 2.71. The molecule has 1 aromatic rings. The molecule has 0 aliphatic carbocycles. The van der Waals surface area contributed by atoms with Gasteiger partial charge in [-0.15, -0.1) is 11.8 Å². The van der Waals surface area contributed by atoms with Crippen molar-refractivity contribution in [1.29, 1.82) is 0 Å². The number of hydrogen-bond donors (Lipinski definition) is 1. The van der Waals surface area contributed by atoms with Gasteiger partial charge in [-0.1, -0.05) is 6.07 Å². The van der Waals surface area contributed by atoms with Crippen molar-refractivity contribution in [1.82, 2.24) is 15.2 Å². The summed E-state index contributed by atoms with van der Waals surface area (Å²) >= 11 is 1.44. The van der Waals surface area contributed by atoms with Crippen LogP contribution in [-0.2, 0) is 19.1 Å². The van der Waals surface area contributed by atoms with Crippen LogP contribution in [0.25, 0.3) is 0 Å². The molecule has 8 nitrogen and oxygen atoms in total. The maximum absolute atomic E-state index is 12.8. The molecule has 1 aromatic heterocycles. The molecule has 0 aromatic carbocycles. The highest BCUT2D eigenvalue weighted by Crippen LogP contribution is 2.41. The van der Waals surface area contributed by atoms with Crippen LogP contribution < -0.4 is 5.32 Å². The summed E-state index contributed by atoms with van der Waals surface area (Å²) < 4.78 is 10.0. The fourth-order valence-corrected chi connectivity index (χ4v) is 3.78. The van der Waals surface area contributed by atoms with Gasteiger partial charge in [0.2, 0.25) is 5.91 Å². The molecule has 1 unspecified atom stereocenters. The number of pyridine rings is 1. The SMILES string of the molecule is COC(=O)CNC(=O)[C@@H]1CSC(c2cccnc2)N1C(=O)OC(C)(C)C. The van der Waals surface area contributed by atoms with Gasteiger partial charge in [0.25, 0.3) is 0 Å². The zero-order valence-electron chi connectivity index (χ0n) is 15.2. The van der Waals surface area contributed by atoms with Gasteiger partial charge < -0.3 is 14.8 Å². The van der Waals surface area contributed by atoms with E-state index in [4.69, 9.17) is 4.74 Å². The van der Waals surface area contributed by atoms with Crippen LogP contribution in [0.15, 0.2) is 24.5 Å². The van der Waals surface area contributed by atoms with Crippen molar-refractivity contribution in [2.45, 2.75) is 37.8 Å². The number of thioether (sulfide) groups is 1. The highest BCUT2D eigenvalue weighted by atomic mass is 32.2. The first-order valence-electron chi connectivity index (χ1n) is 8.10. The third-order valence-electron chi connectivity index (χ3n) is 3.51. The smallest absolute Gasteiger partial charge is 0.412 e. The lowest BCUT2D eigenvalue weighted by Crippen LogP contribution is -2.50. The van der Waals surface area contributed by atoms with E-state index < -0.39 is 35.0 Å². The minimum Gasteiger partial charge on any atom is -0.468 e. The number of rotatable bonds is 4. The molecule has 0 spiro atoms. The van der Waals surface area contributed by atoms with Crippen molar-refractivity contribution < 1.29 is 23.9 Å². The Labute approximate surface area is 156 Å². The molecule has 1 N–H and O–H groups in total. The summed E-state index contributed by atoms with van der Waals surface area (Å²) in [5, 5.41) is 2.11. The molecule has 1 fully saturated rings. The summed E-state index contributed by atoms with van der Waals surface area (Å²) in [6.45, 7) is 5.04. The molecule has 2 heterocycles.